The average Bonchev–Trinajstić information content (AvgIpc) is 2.98. The number of piperidine rings is 1. The molecule has 1 aliphatic heterocycles. The van der Waals surface area contributed by atoms with E-state index in [9.17, 15) is 13.2 Å². The van der Waals surface area contributed by atoms with Gasteiger partial charge in [-0.2, -0.15) is 5.10 Å². The lowest BCUT2D eigenvalue weighted by Gasteiger charge is -2.30. The summed E-state index contributed by atoms with van der Waals surface area (Å²) in [5.74, 6) is 0.237. The number of hydrogen-bond acceptors (Lipinski definition) is 4. The third-order valence-corrected chi connectivity index (χ3v) is 5.23. The number of hydrogen-bond donors (Lipinski definition) is 2. The van der Waals surface area contributed by atoms with E-state index in [4.69, 9.17) is 0 Å². The summed E-state index contributed by atoms with van der Waals surface area (Å²) in [7, 11) is -3.12. The minimum atomic E-state index is -3.12. The Morgan fingerprint density at radius 2 is 2.36 bits per heavy atom. The fourth-order valence-electron chi connectivity index (χ4n) is 2.71. The van der Waals surface area contributed by atoms with E-state index >= 15 is 0 Å². The van der Waals surface area contributed by atoms with Gasteiger partial charge in [-0.05, 0) is 37.2 Å². The van der Waals surface area contributed by atoms with Crippen LogP contribution in [0.3, 0.4) is 0 Å². The first-order valence-electron chi connectivity index (χ1n) is 7.64. The first-order chi connectivity index (χ1) is 10.4. The number of H-pyrrole nitrogens is 1. The van der Waals surface area contributed by atoms with E-state index in [0.29, 0.717) is 26.1 Å². The van der Waals surface area contributed by atoms with Crippen LogP contribution in [0.25, 0.3) is 0 Å². The van der Waals surface area contributed by atoms with E-state index in [1.165, 1.54) is 10.6 Å². The van der Waals surface area contributed by atoms with Crippen molar-refractivity contribution in [3.63, 3.8) is 0 Å². The summed E-state index contributed by atoms with van der Waals surface area (Å²) in [6.45, 7) is 1.65. The van der Waals surface area contributed by atoms with Gasteiger partial charge in [0, 0.05) is 32.3 Å². The highest BCUT2D eigenvalue weighted by atomic mass is 32.2. The molecule has 1 aliphatic rings. The van der Waals surface area contributed by atoms with Crippen LogP contribution in [-0.2, 0) is 21.2 Å². The molecule has 1 aromatic heterocycles. The molecule has 1 aromatic rings. The van der Waals surface area contributed by atoms with Crippen LogP contribution in [0.4, 0.5) is 0 Å². The van der Waals surface area contributed by atoms with E-state index in [-0.39, 0.29) is 11.8 Å². The number of aromatic nitrogens is 2. The van der Waals surface area contributed by atoms with Crippen molar-refractivity contribution in [3.05, 3.63) is 18.0 Å². The zero-order valence-corrected chi connectivity index (χ0v) is 13.7. The summed E-state index contributed by atoms with van der Waals surface area (Å²) in [4.78, 5) is 11.8. The van der Waals surface area contributed by atoms with Crippen molar-refractivity contribution in [2.75, 3.05) is 25.9 Å². The van der Waals surface area contributed by atoms with Crippen LogP contribution in [0.5, 0.6) is 0 Å². The Morgan fingerprint density at radius 1 is 1.55 bits per heavy atom. The number of aromatic amines is 1. The second kappa shape index (κ2) is 7.73. The number of nitrogens with zero attached hydrogens (tertiary/aromatic N) is 2. The lowest BCUT2D eigenvalue weighted by Crippen LogP contribution is -2.43. The number of aryl methyl sites for hydroxylation is 1. The van der Waals surface area contributed by atoms with E-state index in [2.05, 4.69) is 15.5 Å². The Morgan fingerprint density at radius 3 is 3.05 bits per heavy atom. The molecular formula is C14H24N4O3S. The van der Waals surface area contributed by atoms with Gasteiger partial charge < -0.3 is 5.32 Å². The molecule has 1 fully saturated rings. The van der Waals surface area contributed by atoms with Crippen molar-refractivity contribution in [1.29, 1.82) is 0 Å². The predicted octanol–water partition coefficient (Wildman–Crippen LogP) is 0.520. The molecule has 0 radical (unpaired) electrons. The molecule has 124 valence electrons. The van der Waals surface area contributed by atoms with Gasteiger partial charge in [0.05, 0.1) is 12.5 Å². The molecule has 8 heteroatoms. The Kier molecular flexibility index (Phi) is 5.96. The number of rotatable bonds is 7. The minimum Gasteiger partial charge on any atom is -0.356 e. The first-order valence-corrected chi connectivity index (χ1v) is 9.49. The predicted molar refractivity (Wildman–Crippen MR) is 83.7 cm³/mol. The summed E-state index contributed by atoms with van der Waals surface area (Å²) in [5, 5.41) is 9.53. The first kappa shape index (κ1) is 17.0. The monoisotopic (exact) mass is 328 g/mol. The van der Waals surface area contributed by atoms with Crippen LogP contribution < -0.4 is 5.32 Å². The Labute approximate surface area is 131 Å². The molecule has 1 atom stereocenters. The van der Waals surface area contributed by atoms with Crippen molar-refractivity contribution in [2.45, 2.75) is 32.1 Å². The zero-order chi connectivity index (χ0) is 16.0. The largest absolute Gasteiger partial charge is 0.356 e. The Hall–Kier alpha value is -1.41. The van der Waals surface area contributed by atoms with Crippen molar-refractivity contribution in [1.82, 2.24) is 19.8 Å². The maximum Gasteiger partial charge on any atom is 0.220 e. The lowest BCUT2D eigenvalue weighted by molar-refractivity contribution is -0.121. The van der Waals surface area contributed by atoms with E-state index in [0.717, 1.165) is 31.2 Å². The highest BCUT2D eigenvalue weighted by Gasteiger charge is 2.25. The number of sulfonamides is 1. The lowest BCUT2D eigenvalue weighted by atomic mass is 9.99. The molecule has 1 amide bonds. The van der Waals surface area contributed by atoms with E-state index in [1.807, 2.05) is 6.20 Å². The van der Waals surface area contributed by atoms with Crippen LogP contribution in [-0.4, -0.2) is 54.7 Å². The van der Waals surface area contributed by atoms with Gasteiger partial charge >= 0.3 is 0 Å². The van der Waals surface area contributed by atoms with Gasteiger partial charge in [0.15, 0.2) is 0 Å². The van der Waals surface area contributed by atoms with Gasteiger partial charge in [-0.15, -0.1) is 0 Å². The summed E-state index contributed by atoms with van der Waals surface area (Å²) >= 11 is 0. The van der Waals surface area contributed by atoms with Crippen LogP contribution in [0.1, 0.15) is 31.2 Å². The standard InChI is InChI=1S/C14H24N4O3S/c1-22(20,21)18-7-3-5-13(11-18)8-15-14(19)6-2-4-12-9-16-17-10-12/h9-10,13H,2-8,11H2,1H3,(H,15,19)(H,16,17). The van der Waals surface area contributed by atoms with Crippen LogP contribution in [0, 0.1) is 5.92 Å². The van der Waals surface area contributed by atoms with E-state index < -0.39 is 10.0 Å². The Bertz CT molecular complexity index is 571. The molecule has 0 aromatic carbocycles. The van der Waals surface area contributed by atoms with Crippen molar-refractivity contribution in [2.24, 2.45) is 5.92 Å². The second-order valence-corrected chi connectivity index (χ2v) is 7.88. The van der Waals surface area contributed by atoms with Crippen LogP contribution >= 0.6 is 0 Å². The number of nitrogens with one attached hydrogen (secondary N) is 2. The quantitative estimate of drug-likeness (QED) is 0.763. The molecule has 7 nitrogen and oxygen atoms in total. The fraction of sp³-hybridized carbons (Fsp3) is 0.714. The summed E-state index contributed by atoms with van der Waals surface area (Å²) < 4.78 is 24.6. The molecule has 1 unspecified atom stereocenters. The molecule has 0 saturated carbocycles. The molecule has 0 spiro atoms. The Balaban J connectivity index is 1.65. The van der Waals surface area contributed by atoms with Gasteiger partial charge in [0.1, 0.15) is 0 Å². The van der Waals surface area contributed by atoms with Gasteiger partial charge in [-0.3, -0.25) is 9.89 Å². The van der Waals surface area contributed by atoms with E-state index in [1.54, 1.807) is 6.20 Å². The highest BCUT2D eigenvalue weighted by molar-refractivity contribution is 7.88. The minimum absolute atomic E-state index is 0.0278. The summed E-state index contributed by atoms with van der Waals surface area (Å²) in [6, 6.07) is 0. The molecule has 2 heterocycles. The molecule has 22 heavy (non-hydrogen) atoms. The summed E-state index contributed by atoms with van der Waals surface area (Å²) in [6.07, 6.45) is 8.74. The van der Waals surface area contributed by atoms with Crippen molar-refractivity contribution < 1.29 is 13.2 Å². The SMILES string of the molecule is CS(=O)(=O)N1CCCC(CNC(=O)CCCc2cn[nH]c2)C1. The van der Waals surface area contributed by atoms with Gasteiger partial charge in [-0.1, -0.05) is 0 Å². The third-order valence-electron chi connectivity index (χ3n) is 3.96. The van der Waals surface area contributed by atoms with Crippen molar-refractivity contribution in [3.8, 4) is 0 Å². The molecular weight excluding hydrogens is 304 g/mol. The van der Waals surface area contributed by atoms with Gasteiger partial charge in [0.2, 0.25) is 15.9 Å². The smallest absolute Gasteiger partial charge is 0.220 e. The molecule has 0 bridgehead atoms. The molecule has 0 aliphatic carbocycles. The number of amides is 1. The van der Waals surface area contributed by atoms with Crippen LogP contribution in [0.15, 0.2) is 12.4 Å². The zero-order valence-electron chi connectivity index (χ0n) is 12.9. The molecule has 2 rings (SSSR count). The molecule has 1 saturated heterocycles. The maximum atomic E-state index is 11.8. The maximum absolute atomic E-state index is 11.8. The van der Waals surface area contributed by atoms with Crippen molar-refractivity contribution >= 4 is 15.9 Å². The number of carbonyl (C=O) groups excluding carboxylic acids is 1. The fourth-order valence-corrected chi connectivity index (χ4v) is 3.65. The molecule has 2 N–H and O–H groups in total. The number of carbonyl (C=O) groups is 1. The van der Waals surface area contributed by atoms with Gasteiger partial charge in [0.25, 0.3) is 0 Å². The van der Waals surface area contributed by atoms with Gasteiger partial charge in [-0.25, -0.2) is 12.7 Å². The highest BCUT2D eigenvalue weighted by Crippen LogP contribution is 2.18. The average molecular weight is 328 g/mol. The normalized spacial score (nSPS) is 20.0. The summed E-state index contributed by atoms with van der Waals surface area (Å²) in [5.41, 5.74) is 1.10. The topological polar surface area (TPSA) is 95.2 Å². The third kappa shape index (κ3) is 5.42. The van der Waals surface area contributed by atoms with Crippen LogP contribution in [0.2, 0.25) is 0 Å². The second-order valence-electron chi connectivity index (χ2n) is 5.89.